The number of nitrogens with one attached hydrogen (secondary N) is 2. The molecule has 2 aromatic heterocycles. The van der Waals surface area contributed by atoms with Crippen LogP contribution in [0.25, 0.3) is 33.3 Å². The van der Waals surface area contributed by atoms with Crippen LogP contribution < -0.4 is 10.7 Å². The first kappa shape index (κ1) is 50.3. The van der Waals surface area contributed by atoms with Crippen LogP contribution >= 0.6 is 0 Å². The van der Waals surface area contributed by atoms with E-state index in [4.69, 9.17) is 14.5 Å². The molecule has 5 heterocycles. The van der Waals surface area contributed by atoms with Gasteiger partial charge in [-0.05, 0) is 122 Å². The number of methoxy groups -OCH3 is 1. The maximum atomic E-state index is 15.1. The topological polar surface area (TPSA) is 176 Å². The van der Waals surface area contributed by atoms with E-state index >= 15 is 4.79 Å². The summed E-state index contributed by atoms with van der Waals surface area (Å²) in [4.78, 5) is 78.8. The summed E-state index contributed by atoms with van der Waals surface area (Å²) in [6.07, 6.45) is 7.83. The van der Waals surface area contributed by atoms with E-state index in [1.165, 1.54) is 16.0 Å². The molecule has 5 atom stereocenters. The van der Waals surface area contributed by atoms with E-state index in [9.17, 15) is 24.3 Å². The summed E-state index contributed by atoms with van der Waals surface area (Å²) in [5.41, 5.74) is 9.40. The summed E-state index contributed by atoms with van der Waals surface area (Å²) in [7, 11) is 3.28. The number of cyclic esters (lactones) is 1. The second-order valence-corrected chi connectivity index (χ2v) is 21.2. The van der Waals surface area contributed by atoms with E-state index in [0.717, 1.165) is 70.2 Å². The van der Waals surface area contributed by atoms with Gasteiger partial charge in [0, 0.05) is 74.8 Å². The van der Waals surface area contributed by atoms with E-state index in [1.54, 1.807) is 37.4 Å². The number of carbonyl (C=O) groups excluding carboxylic acids is 5. The van der Waals surface area contributed by atoms with Gasteiger partial charge >= 0.3 is 5.97 Å². The fraction of sp³-hybridized carbons (Fsp3) is 0.527. The third-order valence-electron chi connectivity index (χ3n) is 15.5. The molecule has 3 N–H and O–H groups in total. The summed E-state index contributed by atoms with van der Waals surface area (Å²) in [6.45, 7) is 17.3. The predicted octanol–water partition coefficient (Wildman–Crippen LogP) is 7.14. The van der Waals surface area contributed by atoms with E-state index in [0.29, 0.717) is 44.5 Å². The van der Waals surface area contributed by atoms with E-state index in [2.05, 4.69) is 60.9 Å². The number of esters is 1. The average Bonchev–Trinajstić information content (AvgIpc) is 4.10. The van der Waals surface area contributed by atoms with Gasteiger partial charge in [0.2, 0.25) is 17.7 Å². The number of hydrazine groups is 1. The number of ether oxygens (including phenoxy) is 2. The minimum Gasteiger partial charge on any atom is -0.508 e. The Bertz CT molecular complexity index is 2670. The van der Waals surface area contributed by atoms with Gasteiger partial charge in [0.25, 0.3) is 5.91 Å². The maximum absolute atomic E-state index is 15.1. The Kier molecular flexibility index (Phi) is 14.6. The van der Waals surface area contributed by atoms with Crippen molar-refractivity contribution in [2.75, 3.05) is 40.4 Å². The Hall–Kier alpha value is -6.06. The molecule has 2 saturated heterocycles. The lowest BCUT2D eigenvalue weighted by molar-refractivity contribution is -0.163. The highest BCUT2D eigenvalue weighted by molar-refractivity contribution is 5.96. The predicted molar refractivity (Wildman–Crippen MR) is 268 cm³/mol. The van der Waals surface area contributed by atoms with Crippen molar-refractivity contribution < 1.29 is 38.6 Å². The van der Waals surface area contributed by atoms with Gasteiger partial charge in [0.05, 0.1) is 30.0 Å². The fourth-order valence-electron chi connectivity index (χ4n) is 11.8. The fourth-order valence-corrected chi connectivity index (χ4v) is 11.8. The zero-order valence-corrected chi connectivity index (χ0v) is 42.2. The molecule has 0 radical (unpaired) electrons. The number of aromatic nitrogens is 2. The molecule has 6 bridgehead atoms. The second kappa shape index (κ2) is 20.3. The molecule has 3 fully saturated rings. The van der Waals surface area contributed by atoms with Gasteiger partial charge in [-0.15, -0.1) is 0 Å². The van der Waals surface area contributed by atoms with E-state index < -0.39 is 52.7 Å². The minimum absolute atomic E-state index is 0.00531. The quantitative estimate of drug-likeness (QED) is 0.110. The third kappa shape index (κ3) is 9.83. The number of phenols is 1. The number of nitrogens with zero attached hydrogens (tertiary/aromatic N) is 5. The van der Waals surface area contributed by atoms with Crippen LogP contribution in [-0.4, -0.2) is 118 Å². The van der Waals surface area contributed by atoms with Crippen LogP contribution in [0, 0.1) is 22.7 Å². The number of amides is 4. The molecule has 4 amide bonds. The zero-order chi connectivity index (χ0) is 50.2. The standard InChI is InChI=1S/C55H71N7O8/c1-10-45(64)60-23-18-37(31-60)51(66)59(8)47(33(3)4)50(65)57-43-27-35-25-38(28-39(63)26-35)36-16-17-44-41(29-36)42(48(61(44)11-2)40-15-14-22-56-46(40)34(5)69-9)30-54(6,7)32-70-53(68)49-55(19-12-13-20-55)21-24-62(58-49)52(43)67/h10,14-17,22,25-26,28-29,33-34,37,43,47,49,58,63H,1,11-13,18-21,23-24,27,30-32H2,2-9H3,(H,57,65)/t34-,37-,43-,47-,49+/m0/s1. The van der Waals surface area contributed by atoms with Crippen molar-refractivity contribution in [3.05, 3.63) is 84.2 Å². The first-order chi connectivity index (χ1) is 33.4. The Labute approximate surface area is 411 Å². The number of fused-ring (bicyclic) bond motifs is 7. The van der Waals surface area contributed by atoms with Crippen molar-refractivity contribution in [2.24, 2.45) is 22.7 Å². The second-order valence-electron chi connectivity index (χ2n) is 21.2. The van der Waals surface area contributed by atoms with Crippen molar-refractivity contribution >= 4 is 40.5 Å². The monoisotopic (exact) mass is 958 g/mol. The summed E-state index contributed by atoms with van der Waals surface area (Å²) in [5.74, 6) is -2.75. The van der Waals surface area contributed by atoms with Crippen LogP contribution in [0.2, 0.25) is 0 Å². The molecule has 1 aliphatic carbocycles. The Balaban J connectivity index is 1.23. The smallest absolute Gasteiger partial charge is 0.325 e. The molecule has 15 nitrogen and oxygen atoms in total. The lowest BCUT2D eigenvalue weighted by Crippen LogP contribution is -2.66. The molecule has 8 rings (SSSR count). The first-order valence-corrected chi connectivity index (χ1v) is 25.1. The number of rotatable bonds is 10. The van der Waals surface area contributed by atoms with E-state index in [-0.39, 0.29) is 49.2 Å². The van der Waals surface area contributed by atoms with Crippen LogP contribution in [0.3, 0.4) is 0 Å². The van der Waals surface area contributed by atoms with Crippen molar-refractivity contribution in [2.45, 2.75) is 124 Å². The van der Waals surface area contributed by atoms with Gasteiger partial charge in [0.15, 0.2) is 0 Å². The van der Waals surface area contributed by atoms with Crippen LogP contribution in [0.4, 0.5) is 0 Å². The third-order valence-corrected chi connectivity index (χ3v) is 15.5. The number of likely N-dealkylation sites (tertiary alicyclic amines) is 1. The lowest BCUT2D eigenvalue weighted by Gasteiger charge is -2.46. The van der Waals surface area contributed by atoms with Gasteiger partial charge in [0.1, 0.15) is 23.9 Å². The number of pyridine rings is 1. The van der Waals surface area contributed by atoms with Crippen LogP contribution in [0.15, 0.2) is 67.4 Å². The molecule has 1 saturated carbocycles. The zero-order valence-electron chi connectivity index (χ0n) is 42.2. The average molecular weight is 958 g/mol. The van der Waals surface area contributed by atoms with Crippen LogP contribution in [0.1, 0.15) is 103 Å². The van der Waals surface area contributed by atoms with Crippen molar-refractivity contribution in [3.63, 3.8) is 0 Å². The van der Waals surface area contributed by atoms with Crippen molar-refractivity contribution in [1.82, 2.24) is 35.1 Å². The summed E-state index contributed by atoms with van der Waals surface area (Å²) in [6, 6.07) is 12.6. The maximum Gasteiger partial charge on any atom is 0.325 e. The molecular weight excluding hydrogens is 887 g/mol. The Morgan fingerprint density at radius 2 is 1.81 bits per heavy atom. The first-order valence-electron chi connectivity index (χ1n) is 25.1. The van der Waals surface area contributed by atoms with Crippen molar-refractivity contribution in [3.8, 4) is 28.1 Å². The molecule has 0 unspecified atom stereocenters. The number of hydrogen-bond acceptors (Lipinski definition) is 10. The summed E-state index contributed by atoms with van der Waals surface area (Å²) < 4.78 is 14.5. The van der Waals surface area contributed by atoms with Gasteiger partial charge in [-0.25, -0.2) is 5.43 Å². The normalized spacial score (nSPS) is 22.2. The molecule has 374 valence electrons. The van der Waals surface area contributed by atoms with Crippen molar-refractivity contribution in [1.29, 1.82) is 0 Å². The molecular formula is C55H71N7O8. The summed E-state index contributed by atoms with van der Waals surface area (Å²) >= 11 is 0. The SMILES string of the molecule is C=CC(=O)N1CC[C@H](C(=O)N(C)[C@H](C(=O)N[C@H]2Cc3cc(O)cc(c3)-c3ccc4c(c3)c(c(-c3cccnc3[C@H](C)OC)n4CC)CC(C)(C)COC(=O)[C@H]3NN(CCC34CCCC4)C2=O)C(C)C)C1. The highest BCUT2D eigenvalue weighted by Crippen LogP contribution is 2.47. The number of carbonyl (C=O) groups is 5. The molecule has 1 spiro atoms. The van der Waals surface area contributed by atoms with Gasteiger partial charge in [-0.1, -0.05) is 59.2 Å². The van der Waals surface area contributed by atoms with Crippen LogP contribution in [-0.2, 0) is 52.8 Å². The lowest BCUT2D eigenvalue weighted by atomic mass is 9.74. The number of phenolic OH excluding ortho intramolecular Hbond substituents is 1. The summed E-state index contributed by atoms with van der Waals surface area (Å²) in [5, 5.41) is 17.0. The molecule has 2 aromatic carbocycles. The number of hydrogen-bond donors (Lipinski definition) is 3. The minimum atomic E-state index is -1.17. The molecule has 15 heteroatoms. The highest BCUT2D eigenvalue weighted by atomic mass is 16.5. The van der Waals surface area contributed by atoms with Gasteiger partial charge in [-0.2, -0.15) is 0 Å². The Morgan fingerprint density at radius 3 is 2.51 bits per heavy atom. The Morgan fingerprint density at radius 1 is 1.06 bits per heavy atom. The number of likely N-dealkylation sites (N-methyl/N-ethyl adjacent to an activating group) is 1. The number of aromatic hydroxyl groups is 1. The molecule has 3 aliphatic heterocycles. The van der Waals surface area contributed by atoms with E-state index in [1.807, 2.05) is 39.0 Å². The number of aryl methyl sites for hydroxylation is 1. The van der Waals surface area contributed by atoms with Gasteiger partial charge in [-0.3, -0.25) is 34.0 Å². The number of benzene rings is 2. The molecule has 4 aliphatic rings. The largest absolute Gasteiger partial charge is 0.508 e. The van der Waals surface area contributed by atoms with Crippen LogP contribution in [0.5, 0.6) is 5.75 Å². The highest BCUT2D eigenvalue weighted by Gasteiger charge is 2.51. The molecule has 4 aromatic rings. The molecule has 70 heavy (non-hydrogen) atoms. The van der Waals surface area contributed by atoms with Gasteiger partial charge < -0.3 is 34.3 Å².